The van der Waals surface area contributed by atoms with Crippen molar-refractivity contribution in [3.63, 3.8) is 0 Å². The van der Waals surface area contributed by atoms with Crippen LogP contribution in [0.1, 0.15) is 44.7 Å². The quantitative estimate of drug-likeness (QED) is 0.627. The predicted molar refractivity (Wildman–Crippen MR) is 126 cm³/mol. The maximum absolute atomic E-state index is 15.0. The molecule has 0 aromatic heterocycles. The molecule has 8 heteroatoms. The Balaban J connectivity index is 1.21. The average Bonchev–Trinajstić information content (AvgIpc) is 3.36. The Morgan fingerprint density at radius 3 is 2.61 bits per heavy atom. The summed E-state index contributed by atoms with van der Waals surface area (Å²) in [7, 11) is 2.13. The van der Waals surface area contributed by atoms with Gasteiger partial charge in [0.15, 0.2) is 0 Å². The topological polar surface area (TPSA) is 59.6 Å². The molecular weight excluding hydrogens is 441 g/mol. The van der Waals surface area contributed by atoms with Crippen molar-refractivity contribution in [2.24, 2.45) is 29.1 Å². The van der Waals surface area contributed by atoms with E-state index in [1.165, 1.54) is 25.3 Å². The summed E-state index contributed by atoms with van der Waals surface area (Å²) in [6.45, 7) is 6.96. The number of hydrazine groups is 1. The third-order valence-corrected chi connectivity index (χ3v) is 9.69. The first-order chi connectivity index (χ1) is 15.8. The number of fused-ring (bicyclic) bond motifs is 1. The maximum atomic E-state index is 15.0. The number of carbonyl (C=O) groups excluding carboxylic acids is 1. The number of benzene rings is 1. The number of nitrogens with one attached hydrogen (secondary N) is 3. The molecular formula is C25H35ClFN5O. The van der Waals surface area contributed by atoms with Gasteiger partial charge in [-0.15, -0.1) is 0 Å². The molecule has 1 aromatic rings. The first-order valence-corrected chi connectivity index (χ1v) is 12.9. The second-order valence-electron chi connectivity index (χ2n) is 11.4. The molecule has 3 heterocycles. The number of rotatable bonds is 3. The number of carbonyl (C=O) groups is 1. The van der Waals surface area contributed by atoms with Crippen molar-refractivity contribution in [1.29, 1.82) is 0 Å². The summed E-state index contributed by atoms with van der Waals surface area (Å²) in [5.74, 6) is 1.89. The van der Waals surface area contributed by atoms with Crippen LogP contribution in [0, 0.1) is 34.9 Å². The number of amides is 1. The van der Waals surface area contributed by atoms with Crippen molar-refractivity contribution in [3.8, 4) is 0 Å². The van der Waals surface area contributed by atoms with Gasteiger partial charge in [0, 0.05) is 49.4 Å². The Hall–Kier alpha value is -1.25. The number of piperazine rings is 1. The lowest BCUT2D eigenvalue weighted by Crippen LogP contribution is -2.72. The van der Waals surface area contributed by atoms with E-state index in [2.05, 4.69) is 28.1 Å². The second kappa shape index (κ2) is 7.89. The molecule has 3 saturated heterocycles. The van der Waals surface area contributed by atoms with Gasteiger partial charge in [-0.3, -0.25) is 15.5 Å². The SMILES string of the molecule is CC1NC2C(c3ccc(Cl)cc3F)NC(C3CC4(C3)CC4C3CNN(C)C3)CN2C(=O)C1C. The van der Waals surface area contributed by atoms with E-state index in [0.717, 1.165) is 24.9 Å². The normalized spacial score (nSPS) is 45.2. The second-order valence-corrected chi connectivity index (χ2v) is 11.9. The molecule has 0 radical (unpaired) electrons. The van der Waals surface area contributed by atoms with Crippen LogP contribution in [0.4, 0.5) is 4.39 Å². The van der Waals surface area contributed by atoms with Crippen molar-refractivity contribution < 1.29 is 9.18 Å². The zero-order valence-electron chi connectivity index (χ0n) is 19.7. The molecule has 7 atom stereocenters. The zero-order valence-corrected chi connectivity index (χ0v) is 20.4. The Morgan fingerprint density at radius 1 is 1.12 bits per heavy atom. The van der Waals surface area contributed by atoms with Gasteiger partial charge in [-0.05, 0) is 61.5 Å². The van der Waals surface area contributed by atoms with Gasteiger partial charge < -0.3 is 10.2 Å². The molecule has 1 amide bonds. The van der Waals surface area contributed by atoms with Gasteiger partial charge in [-0.2, -0.15) is 0 Å². The first kappa shape index (κ1) is 22.2. The number of hydrogen-bond donors (Lipinski definition) is 3. The molecule has 2 saturated carbocycles. The van der Waals surface area contributed by atoms with Crippen LogP contribution >= 0.6 is 11.6 Å². The Kier molecular flexibility index (Phi) is 5.31. The monoisotopic (exact) mass is 475 g/mol. The van der Waals surface area contributed by atoms with Gasteiger partial charge in [-0.1, -0.05) is 24.6 Å². The highest BCUT2D eigenvalue weighted by Crippen LogP contribution is 2.70. The van der Waals surface area contributed by atoms with Crippen LogP contribution in [-0.2, 0) is 4.79 Å². The number of halogens is 2. The first-order valence-electron chi connectivity index (χ1n) is 12.5. The van der Waals surface area contributed by atoms with Gasteiger partial charge in [0.05, 0.1) is 12.0 Å². The largest absolute Gasteiger partial charge is 0.323 e. The highest BCUT2D eigenvalue weighted by molar-refractivity contribution is 6.30. The van der Waals surface area contributed by atoms with Crippen LogP contribution in [-0.4, -0.2) is 60.7 Å². The lowest BCUT2D eigenvalue weighted by Gasteiger charge is -2.55. The van der Waals surface area contributed by atoms with Crippen LogP contribution in [0.25, 0.3) is 0 Å². The fraction of sp³-hybridized carbons (Fsp3) is 0.720. The molecule has 180 valence electrons. The Bertz CT molecular complexity index is 955. The molecule has 5 aliphatic rings. The predicted octanol–water partition coefficient (Wildman–Crippen LogP) is 2.76. The van der Waals surface area contributed by atoms with E-state index in [1.54, 1.807) is 12.1 Å². The smallest absolute Gasteiger partial charge is 0.228 e. The van der Waals surface area contributed by atoms with E-state index in [1.807, 2.05) is 18.7 Å². The number of nitrogens with zero attached hydrogens (tertiary/aromatic N) is 2. The molecule has 2 aliphatic carbocycles. The summed E-state index contributed by atoms with van der Waals surface area (Å²) in [4.78, 5) is 15.3. The van der Waals surface area contributed by atoms with Gasteiger partial charge in [0.1, 0.15) is 12.0 Å². The van der Waals surface area contributed by atoms with Crippen LogP contribution in [0.5, 0.6) is 0 Å². The molecule has 3 aliphatic heterocycles. The molecule has 7 unspecified atom stereocenters. The molecule has 33 heavy (non-hydrogen) atoms. The average molecular weight is 476 g/mol. The van der Waals surface area contributed by atoms with Gasteiger partial charge in [0.2, 0.25) is 5.91 Å². The van der Waals surface area contributed by atoms with E-state index < -0.39 is 0 Å². The molecule has 1 aromatic carbocycles. The van der Waals surface area contributed by atoms with Crippen molar-refractivity contribution in [2.75, 3.05) is 26.7 Å². The minimum atomic E-state index is -0.314. The van der Waals surface area contributed by atoms with E-state index >= 15 is 4.39 Å². The summed E-state index contributed by atoms with van der Waals surface area (Å²) in [5.41, 5.74) is 4.54. The zero-order chi connectivity index (χ0) is 23.1. The number of hydrogen-bond acceptors (Lipinski definition) is 5. The summed E-state index contributed by atoms with van der Waals surface area (Å²) < 4.78 is 15.0. The molecule has 0 bridgehead atoms. The van der Waals surface area contributed by atoms with Crippen molar-refractivity contribution in [3.05, 3.63) is 34.6 Å². The van der Waals surface area contributed by atoms with Crippen LogP contribution in [0.3, 0.4) is 0 Å². The molecule has 6 rings (SSSR count). The lowest BCUT2D eigenvalue weighted by atomic mass is 9.65. The third-order valence-electron chi connectivity index (χ3n) is 9.45. The Morgan fingerprint density at radius 2 is 1.91 bits per heavy atom. The fourth-order valence-corrected chi connectivity index (χ4v) is 7.45. The standard InChI is InChI=1S/C25H35ClFN5O/c1-13-14(2)29-23-22(18-5-4-17(26)6-20(18)27)30-21(12-32(23)24(13)33)15-7-25(8-15)9-19(25)16-10-28-31(3)11-16/h4-6,13-16,19,21-23,28-30H,7-12H2,1-3H3. The summed E-state index contributed by atoms with van der Waals surface area (Å²) in [5, 5.41) is 9.99. The van der Waals surface area contributed by atoms with Crippen LogP contribution < -0.4 is 16.1 Å². The minimum absolute atomic E-state index is 0.0484. The highest BCUT2D eigenvalue weighted by atomic mass is 35.5. The van der Waals surface area contributed by atoms with E-state index in [-0.39, 0.29) is 41.9 Å². The fourth-order valence-electron chi connectivity index (χ4n) is 7.29. The van der Waals surface area contributed by atoms with Gasteiger partial charge in [0.25, 0.3) is 0 Å². The molecule has 6 nitrogen and oxygen atoms in total. The van der Waals surface area contributed by atoms with Crippen molar-refractivity contribution >= 4 is 17.5 Å². The van der Waals surface area contributed by atoms with E-state index in [4.69, 9.17) is 11.6 Å². The molecule has 5 fully saturated rings. The molecule has 3 N–H and O–H groups in total. The van der Waals surface area contributed by atoms with Gasteiger partial charge in [-0.25, -0.2) is 9.40 Å². The van der Waals surface area contributed by atoms with Crippen LogP contribution in [0.2, 0.25) is 5.02 Å². The minimum Gasteiger partial charge on any atom is -0.323 e. The highest BCUT2D eigenvalue weighted by Gasteiger charge is 2.65. The van der Waals surface area contributed by atoms with Crippen molar-refractivity contribution in [2.45, 2.75) is 57.4 Å². The summed E-state index contributed by atoms with van der Waals surface area (Å²) >= 11 is 6.04. The Labute approximate surface area is 200 Å². The van der Waals surface area contributed by atoms with Gasteiger partial charge >= 0.3 is 0 Å². The summed E-state index contributed by atoms with van der Waals surface area (Å²) in [6.07, 6.45) is 3.53. The van der Waals surface area contributed by atoms with Crippen molar-refractivity contribution in [1.82, 2.24) is 26.0 Å². The van der Waals surface area contributed by atoms with E-state index in [0.29, 0.717) is 28.5 Å². The lowest BCUT2D eigenvalue weighted by molar-refractivity contribution is -0.149. The molecule has 1 spiro atoms. The van der Waals surface area contributed by atoms with Crippen LogP contribution in [0.15, 0.2) is 18.2 Å². The maximum Gasteiger partial charge on any atom is 0.228 e. The van der Waals surface area contributed by atoms with E-state index in [9.17, 15) is 4.79 Å². The summed E-state index contributed by atoms with van der Waals surface area (Å²) in [6, 6.07) is 4.83. The third kappa shape index (κ3) is 3.62.